The van der Waals surface area contributed by atoms with Gasteiger partial charge in [-0.3, -0.25) is 14.5 Å². The molecule has 1 aromatic rings. The van der Waals surface area contributed by atoms with E-state index in [0.29, 0.717) is 18.6 Å². The molecule has 1 fully saturated rings. The maximum Gasteiger partial charge on any atom is 0.237 e. The first-order valence-electron chi connectivity index (χ1n) is 8.30. The molecule has 5 heteroatoms. The van der Waals surface area contributed by atoms with Crippen LogP contribution in [0.15, 0.2) is 24.3 Å². The third kappa shape index (κ3) is 4.55. The zero-order valence-corrected chi connectivity index (χ0v) is 14.4. The molecule has 0 radical (unpaired) electrons. The maximum atomic E-state index is 12.4. The number of nitrogens with one attached hydrogen (secondary N) is 2. The number of benzene rings is 1. The smallest absolute Gasteiger partial charge is 0.237 e. The van der Waals surface area contributed by atoms with Crippen LogP contribution in [0.2, 0.25) is 0 Å². The fourth-order valence-electron chi connectivity index (χ4n) is 3.41. The Morgan fingerprint density at radius 3 is 2.52 bits per heavy atom. The van der Waals surface area contributed by atoms with Crippen LogP contribution in [0.5, 0.6) is 0 Å². The van der Waals surface area contributed by atoms with Gasteiger partial charge in [-0.25, -0.2) is 0 Å². The lowest BCUT2D eigenvalue weighted by Gasteiger charge is -2.31. The summed E-state index contributed by atoms with van der Waals surface area (Å²) in [4.78, 5) is 25.8. The number of carbonyl (C=O) groups is 2. The number of hydrogen-bond donors (Lipinski definition) is 2. The monoisotopic (exact) mass is 317 g/mol. The summed E-state index contributed by atoms with van der Waals surface area (Å²) < 4.78 is 0. The van der Waals surface area contributed by atoms with E-state index in [9.17, 15) is 9.59 Å². The zero-order chi connectivity index (χ0) is 17.0. The van der Waals surface area contributed by atoms with Crippen molar-refractivity contribution in [3.63, 3.8) is 0 Å². The molecule has 3 atom stereocenters. The second kappa shape index (κ2) is 7.59. The van der Waals surface area contributed by atoms with Crippen molar-refractivity contribution in [3.05, 3.63) is 29.8 Å². The van der Waals surface area contributed by atoms with Crippen molar-refractivity contribution in [1.82, 2.24) is 10.2 Å². The summed E-state index contributed by atoms with van der Waals surface area (Å²) in [5, 5.41) is 5.76. The van der Waals surface area contributed by atoms with Gasteiger partial charge in [-0.05, 0) is 51.3 Å². The van der Waals surface area contributed by atoms with Gasteiger partial charge in [-0.2, -0.15) is 0 Å². The lowest BCUT2D eigenvalue weighted by atomic mass is 10.1. The van der Waals surface area contributed by atoms with Crippen LogP contribution in [0, 0.1) is 0 Å². The normalized spacial score (nSPS) is 22.6. The van der Waals surface area contributed by atoms with E-state index < -0.39 is 0 Å². The molecule has 1 aliphatic heterocycles. The highest BCUT2D eigenvalue weighted by molar-refractivity contribution is 5.88. The van der Waals surface area contributed by atoms with E-state index in [2.05, 4.69) is 29.4 Å². The minimum absolute atomic E-state index is 0.0514. The molecule has 2 amide bonds. The van der Waals surface area contributed by atoms with Gasteiger partial charge in [0.05, 0.1) is 6.04 Å². The highest BCUT2D eigenvalue weighted by Gasteiger charge is 2.34. The molecule has 5 nitrogen and oxygen atoms in total. The number of amides is 2. The summed E-state index contributed by atoms with van der Waals surface area (Å²) >= 11 is 0. The van der Waals surface area contributed by atoms with E-state index in [4.69, 9.17) is 0 Å². The van der Waals surface area contributed by atoms with Gasteiger partial charge < -0.3 is 10.6 Å². The van der Waals surface area contributed by atoms with Gasteiger partial charge in [0, 0.05) is 31.2 Å². The van der Waals surface area contributed by atoms with Crippen molar-refractivity contribution in [1.29, 1.82) is 0 Å². The van der Waals surface area contributed by atoms with Crippen LogP contribution in [0.4, 0.5) is 5.69 Å². The third-order valence-electron chi connectivity index (χ3n) is 4.56. The fraction of sp³-hybridized carbons (Fsp3) is 0.556. The second-order valence-corrected chi connectivity index (χ2v) is 6.50. The Labute approximate surface area is 138 Å². The van der Waals surface area contributed by atoms with Crippen molar-refractivity contribution in [2.24, 2.45) is 0 Å². The summed E-state index contributed by atoms with van der Waals surface area (Å²) in [6.45, 7) is 8.29. The van der Waals surface area contributed by atoms with Crippen LogP contribution in [-0.4, -0.2) is 34.8 Å². The summed E-state index contributed by atoms with van der Waals surface area (Å²) in [6, 6.07) is 8.32. The Morgan fingerprint density at radius 2 is 1.91 bits per heavy atom. The zero-order valence-electron chi connectivity index (χ0n) is 14.4. The Balaban J connectivity index is 1.92. The fourth-order valence-corrected chi connectivity index (χ4v) is 3.41. The van der Waals surface area contributed by atoms with Crippen LogP contribution in [0.25, 0.3) is 0 Å². The van der Waals surface area contributed by atoms with Crippen molar-refractivity contribution in [2.75, 3.05) is 5.32 Å². The van der Waals surface area contributed by atoms with Gasteiger partial charge in [0.2, 0.25) is 11.8 Å². The number of carbonyl (C=O) groups excluding carboxylic acids is 2. The summed E-state index contributed by atoms with van der Waals surface area (Å²) in [6.07, 6.45) is 2.30. The number of likely N-dealkylation sites (tertiary alicyclic amines) is 1. The topological polar surface area (TPSA) is 61.4 Å². The molecule has 0 spiro atoms. The standard InChI is InChI=1S/C18H27N3O2/c1-12-8-9-13(2)21(12)14(3)18(23)19-11-16-6-5-7-17(10-16)20-15(4)22/h5-7,10,12-14H,8-9,11H2,1-4H3,(H,19,23)(H,20,22)/t12-,13-,14-/m0/s1. The Hall–Kier alpha value is -1.88. The lowest BCUT2D eigenvalue weighted by molar-refractivity contribution is -0.127. The van der Waals surface area contributed by atoms with Crippen molar-refractivity contribution >= 4 is 17.5 Å². The number of anilines is 1. The molecule has 1 aromatic carbocycles. The molecule has 2 rings (SSSR count). The summed E-state index contributed by atoms with van der Waals surface area (Å²) in [5.41, 5.74) is 1.72. The van der Waals surface area contributed by atoms with Gasteiger partial charge in [0.25, 0.3) is 0 Å². The second-order valence-electron chi connectivity index (χ2n) is 6.50. The Bertz CT molecular complexity index is 563. The lowest BCUT2D eigenvalue weighted by Crippen LogP contribution is -2.48. The molecular formula is C18H27N3O2. The molecule has 0 unspecified atom stereocenters. The molecular weight excluding hydrogens is 290 g/mol. The first kappa shape index (κ1) is 17.5. The minimum Gasteiger partial charge on any atom is -0.351 e. The SMILES string of the molecule is CC(=O)Nc1cccc(CNC(=O)[C@H](C)N2[C@@H](C)CC[C@@H]2C)c1. The highest BCUT2D eigenvalue weighted by Crippen LogP contribution is 2.25. The van der Waals surface area contributed by atoms with Crippen LogP contribution in [0.3, 0.4) is 0 Å². The van der Waals surface area contributed by atoms with Crippen molar-refractivity contribution in [3.8, 4) is 0 Å². The maximum absolute atomic E-state index is 12.4. The van der Waals surface area contributed by atoms with E-state index in [-0.39, 0.29) is 17.9 Å². The summed E-state index contributed by atoms with van der Waals surface area (Å²) in [7, 11) is 0. The van der Waals surface area contributed by atoms with Gasteiger partial charge in [-0.15, -0.1) is 0 Å². The van der Waals surface area contributed by atoms with E-state index in [1.165, 1.54) is 6.92 Å². The van der Waals surface area contributed by atoms with E-state index in [1.54, 1.807) is 0 Å². The average Bonchev–Trinajstić information content (AvgIpc) is 2.83. The molecule has 1 saturated heterocycles. The van der Waals surface area contributed by atoms with Gasteiger partial charge in [0.1, 0.15) is 0 Å². The van der Waals surface area contributed by atoms with Crippen LogP contribution in [0.1, 0.15) is 46.1 Å². The first-order chi connectivity index (χ1) is 10.9. The molecule has 1 aliphatic rings. The Kier molecular flexibility index (Phi) is 5.77. The van der Waals surface area contributed by atoms with Gasteiger partial charge >= 0.3 is 0 Å². The number of nitrogens with zero attached hydrogens (tertiary/aromatic N) is 1. The number of hydrogen-bond acceptors (Lipinski definition) is 3. The number of rotatable bonds is 5. The molecule has 0 bridgehead atoms. The van der Waals surface area contributed by atoms with E-state index in [0.717, 1.165) is 24.1 Å². The van der Waals surface area contributed by atoms with Crippen molar-refractivity contribution < 1.29 is 9.59 Å². The van der Waals surface area contributed by atoms with Crippen LogP contribution in [-0.2, 0) is 16.1 Å². The minimum atomic E-state index is -0.124. The third-order valence-corrected chi connectivity index (χ3v) is 4.56. The van der Waals surface area contributed by atoms with Crippen LogP contribution < -0.4 is 10.6 Å². The predicted molar refractivity (Wildman–Crippen MR) is 92.1 cm³/mol. The molecule has 0 aromatic heterocycles. The van der Waals surface area contributed by atoms with Crippen molar-refractivity contribution in [2.45, 2.75) is 65.2 Å². The largest absolute Gasteiger partial charge is 0.351 e. The van der Waals surface area contributed by atoms with Gasteiger partial charge in [-0.1, -0.05) is 12.1 Å². The predicted octanol–water partition coefficient (Wildman–Crippen LogP) is 2.52. The van der Waals surface area contributed by atoms with E-state index >= 15 is 0 Å². The quantitative estimate of drug-likeness (QED) is 0.877. The molecule has 0 saturated carbocycles. The average molecular weight is 317 g/mol. The van der Waals surface area contributed by atoms with E-state index in [1.807, 2.05) is 31.2 Å². The molecule has 23 heavy (non-hydrogen) atoms. The van der Waals surface area contributed by atoms with Crippen LogP contribution >= 0.6 is 0 Å². The first-order valence-corrected chi connectivity index (χ1v) is 8.30. The molecule has 1 heterocycles. The Morgan fingerprint density at radius 1 is 1.26 bits per heavy atom. The highest BCUT2D eigenvalue weighted by atomic mass is 16.2. The molecule has 0 aliphatic carbocycles. The van der Waals surface area contributed by atoms with Gasteiger partial charge in [0.15, 0.2) is 0 Å². The molecule has 126 valence electrons. The summed E-state index contributed by atoms with van der Waals surface area (Å²) in [5.74, 6) is -0.0488. The molecule has 2 N–H and O–H groups in total.